The number of nitrogens with one attached hydrogen (secondary N) is 2. The van der Waals surface area contributed by atoms with Gasteiger partial charge >= 0.3 is 0 Å². The Kier molecular flexibility index (Phi) is 7.50. The highest BCUT2D eigenvalue weighted by molar-refractivity contribution is 6.32. The zero-order chi connectivity index (χ0) is 29.2. The number of aromatic amines is 1. The van der Waals surface area contributed by atoms with E-state index >= 15 is 0 Å². The van der Waals surface area contributed by atoms with Crippen LogP contribution in [0.1, 0.15) is 30.0 Å². The Labute approximate surface area is 246 Å². The summed E-state index contributed by atoms with van der Waals surface area (Å²) in [7, 11) is 0. The third-order valence-corrected chi connectivity index (χ3v) is 7.75. The van der Waals surface area contributed by atoms with Crippen LogP contribution in [0.25, 0.3) is 22.6 Å². The molecule has 0 saturated carbocycles. The number of ether oxygens (including phenoxy) is 1. The smallest absolute Gasteiger partial charge is 0.201 e. The zero-order valence-electron chi connectivity index (χ0n) is 22.4. The summed E-state index contributed by atoms with van der Waals surface area (Å²) in [6.07, 6.45) is 15.4. The maximum absolute atomic E-state index is 15.0. The van der Waals surface area contributed by atoms with Crippen LogP contribution in [-0.4, -0.2) is 48.9 Å². The number of hydrogen-bond acceptors (Lipinski definition) is 6. The molecule has 0 atom stereocenters. The molecule has 3 aromatic heterocycles. The van der Waals surface area contributed by atoms with Crippen molar-refractivity contribution in [2.45, 2.75) is 18.8 Å². The summed E-state index contributed by atoms with van der Waals surface area (Å²) in [6, 6.07) is 8.38. The van der Waals surface area contributed by atoms with E-state index in [2.05, 4.69) is 42.7 Å². The quantitative estimate of drug-likeness (QED) is 0.198. The zero-order valence-corrected chi connectivity index (χ0v) is 23.2. The van der Waals surface area contributed by atoms with Gasteiger partial charge in [0.05, 0.1) is 23.2 Å². The summed E-state index contributed by atoms with van der Waals surface area (Å²) >= 11 is 6.72. The number of aromatic nitrogens is 5. The van der Waals surface area contributed by atoms with Gasteiger partial charge in [0.1, 0.15) is 6.61 Å². The average Bonchev–Trinajstić information content (AvgIpc) is 3.70. The Morgan fingerprint density at radius 1 is 1.17 bits per heavy atom. The van der Waals surface area contributed by atoms with Crippen LogP contribution in [0.2, 0.25) is 5.02 Å². The van der Waals surface area contributed by atoms with E-state index in [1.165, 1.54) is 24.0 Å². The molecule has 212 valence electrons. The van der Waals surface area contributed by atoms with Gasteiger partial charge in [0.25, 0.3) is 0 Å². The van der Waals surface area contributed by atoms with Crippen molar-refractivity contribution >= 4 is 34.5 Å². The Hall–Kier alpha value is -4.88. The fourth-order valence-corrected chi connectivity index (χ4v) is 5.54. The highest BCUT2D eigenvalue weighted by Gasteiger charge is 2.24. The van der Waals surface area contributed by atoms with Crippen molar-refractivity contribution in [3.63, 3.8) is 0 Å². The van der Waals surface area contributed by atoms with Gasteiger partial charge < -0.3 is 19.9 Å². The molecule has 0 amide bonds. The fourth-order valence-electron chi connectivity index (χ4n) is 5.25. The summed E-state index contributed by atoms with van der Waals surface area (Å²) in [6.45, 7) is 5.89. The van der Waals surface area contributed by atoms with Crippen LogP contribution in [0.3, 0.4) is 0 Å². The molecular weight excluding hydrogens is 560 g/mol. The number of likely N-dealkylation sites (tertiary alicyclic amines) is 1. The van der Waals surface area contributed by atoms with Crippen molar-refractivity contribution in [1.82, 2.24) is 29.2 Å². The monoisotopic (exact) mass is 585 g/mol. The van der Waals surface area contributed by atoms with Crippen molar-refractivity contribution in [3.8, 4) is 29.4 Å². The van der Waals surface area contributed by atoms with E-state index in [4.69, 9.17) is 22.8 Å². The normalized spacial score (nSPS) is 13.7. The molecule has 1 saturated heterocycles. The summed E-state index contributed by atoms with van der Waals surface area (Å²) in [5.41, 5.74) is 4.36. The van der Waals surface area contributed by atoms with Crippen molar-refractivity contribution in [3.05, 3.63) is 95.9 Å². The average molecular weight is 586 g/mol. The van der Waals surface area contributed by atoms with Crippen LogP contribution >= 0.6 is 11.6 Å². The number of benzene rings is 2. The van der Waals surface area contributed by atoms with Crippen LogP contribution in [-0.2, 0) is 0 Å². The first kappa shape index (κ1) is 27.3. The molecule has 0 aliphatic carbocycles. The van der Waals surface area contributed by atoms with Crippen LogP contribution in [0.15, 0.2) is 68.0 Å². The standard InChI is InChI=1S/C31H26ClF2N7O/c1-3-14-42-27-7-6-23(28(33)29(27)34)26-17-37-31-30(36-10-13-41(26)31)39-21-4-5-22(24(32)15-21)19(2)40-11-8-20(9-12-40)25-16-35-18-38-25/h1,4-7,10,13,15-18,20H,2,8-9,11-12,14H2,(H,35,38)(H,36,39). The molecule has 0 radical (unpaired) electrons. The predicted octanol–water partition coefficient (Wildman–Crippen LogP) is 6.66. The van der Waals surface area contributed by atoms with Gasteiger partial charge in [-0.15, -0.1) is 6.42 Å². The molecule has 8 nitrogen and oxygen atoms in total. The van der Waals surface area contributed by atoms with Crippen LogP contribution < -0.4 is 10.1 Å². The first-order valence-electron chi connectivity index (χ1n) is 13.3. The van der Waals surface area contributed by atoms with Crippen LogP contribution in [0.5, 0.6) is 5.75 Å². The number of H-pyrrole nitrogens is 1. The van der Waals surface area contributed by atoms with E-state index in [-0.39, 0.29) is 17.9 Å². The van der Waals surface area contributed by atoms with Crippen molar-refractivity contribution in [2.75, 3.05) is 25.0 Å². The summed E-state index contributed by atoms with van der Waals surface area (Å²) in [5.74, 6) is 0.666. The first-order valence-corrected chi connectivity index (χ1v) is 13.7. The van der Waals surface area contributed by atoms with Crippen LogP contribution in [0, 0.1) is 24.0 Å². The predicted molar refractivity (Wildman–Crippen MR) is 159 cm³/mol. The van der Waals surface area contributed by atoms with Crippen LogP contribution in [0.4, 0.5) is 20.3 Å². The molecule has 0 bridgehead atoms. The first-order chi connectivity index (χ1) is 20.4. The van der Waals surface area contributed by atoms with Gasteiger partial charge in [-0.25, -0.2) is 19.3 Å². The molecule has 6 rings (SSSR count). The van der Waals surface area contributed by atoms with E-state index in [0.717, 1.165) is 37.2 Å². The number of nitrogens with zero attached hydrogens (tertiary/aromatic N) is 5. The minimum absolute atomic E-state index is 0.0183. The van der Waals surface area contributed by atoms with E-state index < -0.39 is 11.6 Å². The Morgan fingerprint density at radius 2 is 2.00 bits per heavy atom. The second-order valence-electron chi connectivity index (χ2n) is 9.88. The number of anilines is 2. The number of hydrogen-bond donors (Lipinski definition) is 2. The van der Waals surface area contributed by atoms with Gasteiger partial charge in [-0.3, -0.25) is 4.40 Å². The molecule has 2 aromatic carbocycles. The molecule has 1 aliphatic rings. The van der Waals surface area contributed by atoms with Crippen molar-refractivity contribution in [2.24, 2.45) is 0 Å². The van der Waals surface area contributed by atoms with Gasteiger partial charge in [-0.2, -0.15) is 4.39 Å². The van der Waals surface area contributed by atoms with Crippen molar-refractivity contribution < 1.29 is 13.5 Å². The molecular formula is C31H26ClF2N7O. The van der Waals surface area contributed by atoms with Gasteiger partial charge in [-0.05, 0) is 43.2 Å². The third-order valence-electron chi connectivity index (χ3n) is 7.44. The summed E-state index contributed by atoms with van der Waals surface area (Å²) in [4.78, 5) is 18.4. The molecule has 0 unspecified atom stereocenters. The lowest BCUT2D eigenvalue weighted by atomic mass is 9.93. The molecule has 42 heavy (non-hydrogen) atoms. The lowest BCUT2D eigenvalue weighted by molar-refractivity contribution is 0.297. The Balaban J connectivity index is 1.19. The third kappa shape index (κ3) is 5.15. The van der Waals surface area contributed by atoms with Gasteiger partial charge in [0.15, 0.2) is 23.0 Å². The minimum Gasteiger partial charge on any atom is -0.478 e. The highest BCUT2D eigenvalue weighted by Crippen LogP contribution is 2.35. The number of terminal acetylenes is 1. The number of piperidine rings is 1. The number of rotatable bonds is 8. The Bertz CT molecular complexity index is 1800. The topological polar surface area (TPSA) is 83.4 Å². The lowest BCUT2D eigenvalue weighted by Crippen LogP contribution is -2.31. The van der Waals surface area contributed by atoms with Gasteiger partial charge in [-0.1, -0.05) is 24.1 Å². The fraction of sp³-hybridized carbons (Fsp3) is 0.194. The van der Waals surface area contributed by atoms with Crippen molar-refractivity contribution in [1.29, 1.82) is 0 Å². The van der Waals surface area contributed by atoms with Gasteiger partial charge in [0.2, 0.25) is 5.82 Å². The largest absolute Gasteiger partial charge is 0.478 e. The summed E-state index contributed by atoms with van der Waals surface area (Å²) in [5, 5.41) is 3.78. The molecule has 4 heterocycles. The van der Waals surface area contributed by atoms with Gasteiger partial charge in [0, 0.05) is 65.8 Å². The number of imidazole rings is 2. The maximum Gasteiger partial charge on any atom is 0.201 e. The highest BCUT2D eigenvalue weighted by atomic mass is 35.5. The number of halogens is 3. The SMILES string of the molecule is C#CCOc1ccc(-c2cnc3c(Nc4ccc(C(=C)N5CCC(c6cnc[nH]6)CC5)c(Cl)c4)nccn23)c(F)c1F. The minimum atomic E-state index is -1.12. The second-order valence-corrected chi connectivity index (χ2v) is 10.3. The second kappa shape index (κ2) is 11.5. The maximum atomic E-state index is 15.0. The van der Waals surface area contributed by atoms with E-state index in [1.54, 1.807) is 29.2 Å². The van der Waals surface area contributed by atoms with E-state index in [1.807, 2.05) is 18.3 Å². The number of fused-ring (bicyclic) bond motifs is 1. The lowest BCUT2D eigenvalue weighted by Gasteiger charge is -2.34. The molecule has 1 aliphatic heterocycles. The summed E-state index contributed by atoms with van der Waals surface area (Å²) < 4.78 is 36.3. The molecule has 5 aromatic rings. The molecule has 1 fully saturated rings. The molecule has 2 N–H and O–H groups in total. The molecule has 0 spiro atoms. The Morgan fingerprint density at radius 3 is 2.74 bits per heavy atom. The van der Waals surface area contributed by atoms with E-state index in [0.29, 0.717) is 33.8 Å². The molecule has 11 heteroatoms. The van der Waals surface area contributed by atoms with E-state index in [9.17, 15) is 8.78 Å².